The summed E-state index contributed by atoms with van der Waals surface area (Å²) in [5.74, 6) is -1.46. The van der Waals surface area contributed by atoms with Crippen molar-refractivity contribution in [1.82, 2.24) is 9.21 Å². The molecule has 25 heavy (non-hydrogen) atoms. The van der Waals surface area contributed by atoms with E-state index in [1.165, 1.54) is 33.5 Å². The summed E-state index contributed by atoms with van der Waals surface area (Å²) >= 11 is 0. The molecule has 1 unspecified atom stereocenters. The van der Waals surface area contributed by atoms with Crippen molar-refractivity contribution in [3.8, 4) is 0 Å². The Morgan fingerprint density at radius 1 is 1.04 bits per heavy atom. The monoisotopic (exact) mass is 366 g/mol. The first-order chi connectivity index (χ1) is 11.9. The van der Waals surface area contributed by atoms with Gasteiger partial charge in [0.15, 0.2) is 0 Å². The van der Waals surface area contributed by atoms with E-state index in [0.717, 1.165) is 19.3 Å². The van der Waals surface area contributed by atoms with Crippen LogP contribution >= 0.6 is 0 Å². The van der Waals surface area contributed by atoms with Gasteiger partial charge in [0.25, 0.3) is 5.91 Å². The van der Waals surface area contributed by atoms with Gasteiger partial charge >= 0.3 is 5.97 Å². The summed E-state index contributed by atoms with van der Waals surface area (Å²) < 4.78 is 27.0. The smallest absolute Gasteiger partial charge is 0.326 e. The van der Waals surface area contributed by atoms with Crippen LogP contribution in [-0.4, -0.2) is 60.3 Å². The van der Waals surface area contributed by atoms with Gasteiger partial charge in [0.1, 0.15) is 6.04 Å². The molecule has 1 amide bonds. The molecule has 0 aromatic heterocycles. The van der Waals surface area contributed by atoms with Gasteiger partial charge in [0.05, 0.1) is 4.90 Å². The lowest BCUT2D eigenvalue weighted by atomic mass is 10.1. The lowest BCUT2D eigenvalue weighted by Gasteiger charge is -2.26. The van der Waals surface area contributed by atoms with Crippen LogP contribution < -0.4 is 0 Å². The van der Waals surface area contributed by atoms with Crippen LogP contribution in [0.25, 0.3) is 0 Å². The summed E-state index contributed by atoms with van der Waals surface area (Å²) in [5.41, 5.74) is 0.214. The van der Waals surface area contributed by atoms with E-state index in [0.29, 0.717) is 32.5 Å². The number of carboxylic acid groups (broad SMARTS) is 1. The minimum absolute atomic E-state index is 0.0892. The van der Waals surface area contributed by atoms with Gasteiger partial charge in [-0.25, -0.2) is 13.2 Å². The van der Waals surface area contributed by atoms with Crippen molar-refractivity contribution in [3.05, 3.63) is 29.8 Å². The van der Waals surface area contributed by atoms with Gasteiger partial charge < -0.3 is 10.0 Å². The van der Waals surface area contributed by atoms with E-state index in [-0.39, 0.29) is 10.5 Å². The molecule has 1 aromatic carbocycles. The molecule has 1 N–H and O–H groups in total. The van der Waals surface area contributed by atoms with Gasteiger partial charge in [-0.2, -0.15) is 4.31 Å². The minimum Gasteiger partial charge on any atom is -0.480 e. The molecule has 0 radical (unpaired) electrons. The highest BCUT2D eigenvalue weighted by Gasteiger charge is 2.35. The molecule has 2 aliphatic rings. The Labute approximate surface area is 147 Å². The first-order valence-electron chi connectivity index (χ1n) is 8.55. The number of hydrogen-bond acceptors (Lipinski definition) is 4. The third-order valence-corrected chi connectivity index (χ3v) is 6.73. The van der Waals surface area contributed by atoms with Gasteiger partial charge in [-0.1, -0.05) is 12.5 Å². The lowest BCUT2D eigenvalue weighted by Crippen LogP contribution is -2.40. The number of carbonyl (C=O) groups excluding carboxylic acids is 1. The highest BCUT2D eigenvalue weighted by molar-refractivity contribution is 7.89. The number of carboxylic acids is 1. The van der Waals surface area contributed by atoms with Gasteiger partial charge in [-0.3, -0.25) is 4.79 Å². The van der Waals surface area contributed by atoms with Crippen molar-refractivity contribution in [2.75, 3.05) is 19.6 Å². The van der Waals surface area contributed by atoms with Crippen LogP contribution in [0.2, 0.25) is 0 Å². The van der Waals surface area contributed by atoms with Crippen molar-refractivity contribution < 1.29 is 23.1 Å². The number of likely N-dealkylation sites (tertiary alicyclic amines) is 1. The van der Waals surface area contributed by atoms with Crippen LogP contribution in [0.5, 0.6) is 0 Å². The molecule has 3 rings (SSSR count). The summed E-state index contributed by atoms with van der Waals surface area (Å²) in [5, 5.41) is 9.24. The van der Waals surface area contributed by atoms with Gasteiger partial charge in [-0.05, 0) is 43.9 Å². The van der Waals surface area contributed by atoms with Crippen LogP contribution in [0.1, 0.15) is 42.5 Å². The number of nitrogens with zero attached hydrogens (tertiary/aromatic N) is 2. The maximum Gasteiger partial charge on any atom is 0.326 e. The molecule has 7 nitrogen and oxygen atoms in total. The van der Waals surface area contributed by atoms with Crippen LogP contribution in [0.3, 0.4) is 0 Å². The highest BCUT2D eigenvalue weighted by Crippen LogP contribution is 2.24. The predicted octanol–water partition coefficient (Wildman–Crippen LogP) is 1.55. The molecule has 1 aromatic rings. The average molecular weight is 366 g/mol. The zero-order valence-electron chi connectivity index (χ0n) is 13.9. The minimum atomic E-state index is -3.63. The molecule has 8 heteroatoms. The highest BCUT2D eigenvalue weighted by atomic mass is 32.2. The number of aliphatic carboxylic acids is 1. The van der Waals surface area contributed by atoms with E-state index in [2.05, 4.69) is 0 Å². The Kier molecular flexibility index (Phi) is 5.10. The van der Waals surface area contributed by atoms with E-state index in [9.17, 15) is 23.1 Å². The van der Waals surface area contributed by atoms with E-state index in [1.54, 1.807) is 0 Å². The zero-order valence-corrected chi connectivity index (χ0v) is 14.7. The Hall–Kier alpha value is -1.93. The van der Waals surface area contributed by atoms with E-state index in [1.807, 2.05) is 0 Å². The van der Waals surface area contributed by atoms with Crippen LogP contribution in [0.15, 0.2) is 29.2 Å². The topological polar surface area (TPSA) is 95.0 Å². The normalized spacial score (nSPS) is 22.1. The molecular formula is C17H22N2O5S. The van der Waals surface area contributed by atoms with E-state index < -0.39 is 27.9 Å². The van der Waals surface area contributed by atoms with Crippen LogP contribution in [-0.2, 0) is 14.8 Å². The predicted molar refractivity (Wildman–Crippen MR) is 90.7 cm³/mol. The fraction of sp³-hybridized carbons (Fsp3) is 0.529. The Morgan fingerprint density at radius 2 is 1.76 bits per heavy atom. The van der Waals surface area contributed by atoms with Gasteiger partial charge in [0.2, 0.25) is 10.0 Å². The first-order valence-corrected chi connectivity index (χ1v) is 9.99. The number of carbonyl (C=O) groups is 2. The second-order valence-corrected chi connectivity index (χ2v) is 8.43. The number of piperidine rings is 1. The van der Waals surface area contributed by atoms with Gasteiger partial charge in [0, 0.05) is 25.2 Å². The summed E-state index contributed by atoms with van der Waals surface area (Å²) in [7, 11) is -3.63. The number of rotatable bonds is 4. The van der Waals surface area contributed by atoms with Crippen molar-refractivity contribution in [2.24, 2.45) is 0 Å². The standard InChI is InChI=1S/C17H22N2O5S/c20-16(19-11-5-8-15(19)17(21)22)13-6-4-7-14(12-13)25(23,24)18-9-2-1-3-10-18/h4,6-7,12,15H,1-3,5,8-11H2,(H,21,22). The maximum absolute atomic E-state index is 12.8. The summed E-state index contributed by atoms with van der Waals surface area (Å²) in [4.78, 5) is 25.4. The molecule has 2 heterocycles. The second-order valence-electron chi connectivity index (χ2n) is 6.49. The van der Waals surface area contributed by atoms with Crippen molar-refractivity contribution in [3.63, 3.8) is 0 Å². The Morgan fingerprint density at radius 3 is 2.44 bits per heavy atom. The third kappa shape index (κ3) is 3.55. The van der Waals surface area contributed by atoms with E-state index >= 15 is 0 Å². The molecule has 0 spiro atoms. The fourth-order valence-electron chi connectivity index (χ4n) is 3.48. The molecular weight excluding hydrogens is 344 g/mol. The van der Waals surface area contributed by atoms with Crippen molar-refractivity contribution in [1.29, 1.82) is 0 Å². The van der Waals surface area contributed by atoms with Crippen LogP contribution in [0.4, 0.5) is 0 Å². The molecule has 2 saturated heterocycles. The average Bonchev–Trinajstić information content (AvgIpc) is 3.12. The molecule has 0 aliphatic carbocycles. The molecule has 0 saturated carbocycles. The number of benzene rings is 1. The molecule has 0 bridgehead atoms. The molecule has 136 valence electrons. The maximum atomic E-state index is 12.8. The zero-order chi connectivity index (χ0) is 18.0. The third-order valence-electron chi connectivity index (χ3n) is 4.83. The summed E-state index contributed by atoms with van der Waals surface area (Å²) in [6.07, 6.45) is 3.76. The van der Waals surface area contributed by atoms with Crippen molar-refractivity contribution in [2.45, 2.75) is 43.0 Å². The number of amides is 1. The Balaban J connectivity index is 1.86. The summed E-state index contributed by atoms with van der Waals surface area (Å²) in [6, 6.07) is 5.09. The quantitative estimate of drug-likeness (QED) is 0.872. The Bertz CT molecular complexity index is 771. The second kappa shape index (κ2) is 7.13. The van der Waals surface area contributed by atoms with E-state index in [4.69, 9.17) is 0 Å². The molecule has 1 atom stereocenters. The first kappa shape index (κ1) is 17.9. The van der Waals surface area contributed by atoms with Gasteiger partial charge in [-0.15, -0.1) is 0 Å². The molecule has 2 aliphatic heterocycles. The number of hydrogen-bond donors (Lipinski definition) is 1. The lowest BCUT2D eigenvalue weighted by molar-refractivity contribution is -0.141. The fourth-order valence-corrected chi connectivity index (χ4v) is 5.04. The number of sulfonamides is 1. The van der Waals surface area contributed by atoms with Crippen LogP contribution in [0, 0.1) is 0 Å². The van der Waals surface area contributed by atoms with Crippen molar-refractivity contribution >= 4 is 21.9 Å². The SMILES string of the molecule is O=C(O)C1CCCN1C(=O)c1cccc(S(=O)(=O)N2CCCCC2)c1. The molecule has 2 fully saturated rings. The largest absolute Gasteiger partial charge is 0.480 e. The summed E-state index contributed by atoms with van der Waals surface area (Å²) in [6.45, 7) is 1.36.